The first kappa shape index (κ1) is 12.4. The lowest BCUT2D eigenvalue weighted by Crippen LogP contribution is -2.54. The third-order valence-electron chi connectivity index (χ3n) is 3.65. The molecule has 1 aliphatic carbocycles. The number of nitrogens with zero attached hydrogens (tertiary/aromatic N) is 3. The van der Waals surface area contributed by atoms with Crippen LogP contribution in [0.25, 0.3) is 0 Å². The van der Waals surface area contributed by atoms with E-state index in [1.165, 1.54) is 25.6 Å². The lowest BCUT2D eigenvalue weighted by molar-refractivity contribution is 0.0738. The molecular formula is C11H18ClN5. The summed E-state index contributed by atoms with van der Waals surface area (Å²) in [6.07, 6.45) is 5.10. The Kier molecular flexibility index (Phi) is 3.40. The highest BCUT2D eigenvalue weighted by atomic mass is 35.5. The molecule has 0 radical (unpaired) electrons. The number of nitrogen functional groups attached to an aromatic ring is 1. The van der Waals surface area contributed by atoms with E-state index in [0.717, 1.165) is 6.54 Å². The Bertz CT molecular complexity index is 403. The topological polar surface area (TPSA) is 67.1 Å². The zero-order chi connectivity index (χ0) is 12.5. The van der Waals surface area contributed by atoms with E-state index in [1.807, 2.05) is 0 Å². The van der Waals surface area contributed by atoms with E-state index in [0.29, 0.717) is 16.7 Å². The average molecular weight is 256 g/mol. The first-order valence-corrected chi connectivity index (χ1v) is 6.10. The second-order valence-electron chi connectivity index (χ2n) is 4.75. The minimum atomic E-state index is 0.226. The SMILES string of the molecule is CN(C)C1(CNc2ncnc(Cl)c2N)CCC1. The molecule has 0 spiro atoms. The summed E-state index contributed by atoms with van der Waals surface area (Å²) in [5, 5.41) is 3.58. The monoisotopic (exact) mass is 255 g/mol. The van der Waals surface area contributed by atoms with Crippen LogP contribution in [0.15, 0.2) is 6.33 Å². The summed E-state index contributed by atoms with van der Waals surface area (Å²) in [6.45, 7) is 0.831. The molecule has 3 N–H and O–H groups in total. The van der Waals surface area contributed by atoms with Crippen LogP contribution in [0.3, 0.4) is 0 Å². The molecule has 1 fully saturated rings. The van der Waals surface area contributed by atoms with Crippen molar-refractivity contribution in [2.45, 2.75) is 24.8 Å². The molecule has 5 nitrogen and oxygen atoms in total. The van der Waals surface area contributed by atoms with E-state index < -0.39 is 0 Å². The molecule has 0 aromatic carbocycles. The lowest BCUT2D eigenvalue weighted by Gasteiger charge is -2.47. The maximum Gasteiger partial charge on any atom is 0.157 e. The van der Waals surface area contributed by atoms with Gasteiger partial charge in [0.15, 0.2) is 11.0 Å². The quantitative estimate of drug-likeness (QED) is 0.800. The van der Waals surface area contributed by atoms with Crippen molar-refractivity contribution in [3.63, 3.8) is 0 Å². The largest absolute Gasteiger partial charge is 0.393 e. The number of aromatic nitrogens is 2. The molecule has 1 aromatic rings. The highest BCUT2D eigenvalue weighted by Gasteiger charge is 2.38. The summed E-state index contributed by atoms with van der Waals surface area (Å²) in [5.74, 6) is 0.623. The van der Waals surface area contributed by atoms with Gasteiger partial charge < -0.3 is 16.0 Å². The second-order valence-corrected chi connectivity index (χ2v) is 5.11. The van der Waals surface area contributed by atoms with Gasteiger partial charge in [0.25, 0.3) is 0 Å². The zero-order valence-electron chi connectivity index (χ0n) is 10.2. The fourth-order valence-corrected chi connectivity index (χ4v) is 2.26. The van der Waals surface area contributed by atoms with Crippen LogP contribution in [0, 0.1) is 0 Å². The summed E-state index contributed by atoms with van der Waals surface area (Å²) in [7, 11) is 4.22. The van der Waals surface area contributed by atoms with Gasteiger partial charge in [-0.2, -0.15) is 0 Å². The Hall–Kier alpha value is -1.07. The van der Waals surface area contributed by atoms with Gasteiger partial charge in [-0.1, -0.05) is 11.6 Å². The molecule has 2 rings (SSSR count). The molecule has 0 amide bonds. The van der Waals surface area contributed by atoms with Crippen molar-refractivity contribution in [1.29, 1.82) is 0 Å². The summed E-state index contributed by atoms with van der Waals surface area (Å²) < 4.78 is 0. The molecule has 1 aliphatic rings. The van der Waals surface area contributed by atoms with Gasteiger partial charge in [-0.15, -0.1) is 0 Å². The van der Waals surface area contributed by atoms with Crippen LogP contribution in [-0.4, -0.2) is 41.0 Å². The Morgan fingerprint density at radius 3 is 2.71 bits per heavy atom. The standard InChI is InChI=1S/C11H18ClN5/c1-17(2)11(4-3-5-11)6-14-10-8(13)9(12)15-7-16-10/h7H,3-6,13H2,1-2H3,(H,14,15,16). The molecule has 1 heterocycles. The summed E-state index contributed by atoms with van der Waals surface area (Å²) in [5.41, 5.74) is 6.46. The van der Waals surface area contributed by atoms with E-state index in [9.17, 15) is 0 Å². The van der Waals surface area contributed by atoms with Crippen LogP contribution in [0.1, 0.15) is 19.3 Å². The van der Waals surface area contributed by atoms with Crippen LogP contribution in [0.5, 0.6) is 0 Å². The minimum Gasteiger partial charge on any atom is -0.393 e. The first-order valence-electron chi connectivity index (χ1n) is 5.72. The van der Waals surface area contributed by atoms with E-state index in [-0.39, 0.29) is 5.54 Å². The molecular weight excluding hydrogens is 238 g/mol. The molecule has 0 bridgehead atoms. The zero-order valence-corrected chi connectivity index (χ0v) is 11.0. The van der Waals surface area contributed by atoms with Gasteiger partial charge in [0.05, 0.1) is 0 Å². The van der Waals surface area contributed by atoms with Crippen molar-refractivity contribution in [1.82, 2.24) is 14.9 Å². The molecule has 0 saturated heterocycles. The Labute approximate surface area is 106 Å². The third-order valence-corrected chi connectivity index (χ3v) is 3.95. The number of rotatable bonds is 4. The van der Waals surface area contributed by atoms with Gasteiger partial charge in [0, 0.05) is 12.1 Å². The first-order chi connectivity index (χ1) is 8.05. The molecule has 0 atom stereocenters. The minimum absolute atomic E-state index is 0.226. The fraction of sp³-hybridized carbons (Fsp3) is 0.636. The van der Waals surface area contributed by atoms with E-state index >= 15 is 0 Å². The van der Waals surface area contributed by atoms with Crippen molar-refractivity contribution >= 4 is 23.1 Å². The highest BCUT2D eigenvalue weighted by Crippen LogP contribution is 2.36. The van der Waals surface area contributed by atoms with Crippen molar-refractivity contribution in [3.05, 3.63) is 11.5 Å². The number of nitrogens with two attached hydrogens (primary N) is 1. The molecule has 1 aromatic heterocycles. The van der Waals surface area contributed by atoms with Gasteiger partial charge in [0.1, 0.15) is 12.0 Å². The van der Waals surface area contributed by atoms with Gasteiger partial charge in [0.2, 0.25) is 0 Å². The van der Waals surface area contributed by atoms with Crippen molar-refractivity contribution in [2.75, 3.05) is 31.7 Å². The van der Waals surface area contributed by atoms with E-state index in [2.05, 4.69) is 34.3 Å². The van der Waals surface area contributed by atoms with Crippen LogP contribution in [0.4, 0.5) is 11.5 Å². The number of hydrogen-bond acceptors (Lipinski definition) is 5. The molecule has 17 heavy (non-hydrogen) atoms. The maximum atomic E-state index is 5.85. The number of halogens is 1. The van der Waals surface area contributed by atoms with Crippen LogP contribution in [0.2, 0.25) is 5.15 Å². The second kappa shape index (κ2) is 4.66. The van der Waals surface area contributed by atoms with Crippen LogP contribution in [-0.2, 0) is 0 Å². The van der Waals surface area contributed by atoms with Gasteiger partial charge in [-0.05, 0) is 33.4 Å². The number of nitrogens with one attached hydrogen (secondary N) is 1. The van der Waals surface area contributed by atoms with Crippen LogP contribution < -0.4 is 11.1 Å². The predicted octanol–water partition coefficient (Wildman–Crippen LogP) is 1.61. The Morgan fingerprint density at radius 1 is 1.47 bits per heavy atom. The molecule has 6 heteroatoms. The van der Waals surface area contributed by atoms with Crippen molar-refractivity contribution in [2.24, 2.45) is 0 Å². The number of likely N-dealkylation sites (N-methyl/N-ethyl adjacent to an activating group) is 1. The fourth-order valence-electron chi connectivity index (χ4n) is 2.13. The van der Waals surface area contributed by atoms with E-state index in [1.54, 1.807) is 0 Å². The van der Waals surface area contributed by atoms with Crippen molar-refractivity contribution < 1.29 is 0 Å². The number of anilines is 2. The van der Waals surface area contributed by atoms with Crippen molar-refractivity contribution in [3.8, 4) is 0 Å². The highest BCUT2D eigenvalue weighted by molar-refractivity contribution is 6.32. The molecule has 0 unspecified atom stereocenters. The lowest BCUT2D eigenvalue weighted by atomic mass is 9.75. The molecule has 94 valence electrons. The number of hydrogen-bond donors (Lipinski definition) is 2. The third kappa shape index (κ3) is 2.30. The summed E-state index contributed by atoms with van der Waals surface area (Å²) >= 11 is 5.85. The molecule has 0 aliphatic heterocycles. The average Bonchev–Trinajstić information content (AvgIpc) is 2.22. The van der Waals surface area contributed by atoms with E-state index in [4.69, 9.17) is 17.3 Å². The van der Waals surface area contributed by atoms with Gasteiger partial charge in [-0.3, -0.25) is 0 Å². The predicted molar refractivity (Wildman–Crippen MR) is 70.2 cm³/mol. The van der Waals surface area contributed by atoms with Gasteiger partial charge in [-0.25, -0.2) is 9.97 Å². The maximum absolute atomic E-state index is 5.85. The molecule has 1 saturated carbocycles. The van der Waals surface area contributed by atoms with Crippen LogP contribution >= 0.6 is 11.6 Å². The Balaban J connectivity index is 2.04. The Morgan fingerprint density at radius 2 is 2.18 bits per heavy atom. The summed E-state index contributed by atoms with van der Waals surface area (Å²) in [6, 6.07) is 0. The van der Waals surface area contributed by atoms with Gasteiger partial charge >= 0.3 is 0 Å². The smallest absolute Gasteiger partial charge is 0.157 e. The summed E-state index contributed by atoms with van der Waals surface area (Å²) in [4.78, 5) is 10.2. The normalized spacial score (nSPS) is 17.9.